The average Bonchev–Trinajstić information content (AvgIpc) is 2.76. The molecule has 0 aromatic heterocycles. The quantitative estimate of drug-likeness (QED) is 0.419. The Morgan fingerprint density at radius 2 is 2.09 bits per heavy atom. The average molecular weight is 152 g/mol. The third kappa shape index (κ3) is 1.10. The first-order chi connectivity index (χ1) is 5.26. The number of rotatable bonds is 1. The summed E-state index contributed by atoms with van der Waals surface area (Å²) in [5.74, 6) is -0.0937. The predicted octanol–water partition coefficient (Wildman–Crippen LogP) is 1.33. The molecule has 60 valence electrons. The lowest BCUT2D eigenvalue weighted by atomic mass is 9.79. The van der Waals surface area contributed by atoms with Crippen molar-refractivity contribution >= 4 is 12.1 Å². The van der Waals surface area contributed by atoms with Crippen molar-refractivity contribution in [2.45, 2.75) is 32.1 Å². The lowest BCUT2D eigenvalue weighted by Crippen LogP contribution is -2.26. The van der Waals surface area contributed by atoms with Crippen molar-refractivity contribution in [3.8, 4) is 0 Å². The molecule has 0 N–H and O–H groups in total. The van der Waals surface area contributed by atoms with E-state index in [0.29, 0.717) is 11.8 Å². The third-order valence-corrected chi connectivity index (χ3v) is 3.09. The van der Waals surface area contributed by atoms with Crippen molar-refractivity contribution in [3.05, 3.63) is 0 Å². The van der Waals surface area contributed by atoms with Crippen LogP contribution in [0.3, 0.4) is 0 Å². The molecule has 0 radical (unpaired) electrons. The summed E-state index contributed by atoms with van der Waals surface area (Å²) < 4.78 is 0. The van der Waals surface area contributed by atoms with Gasteiger partial charge in [-0.05, 0) is 31.1 Å². The largest absolute Gasteiger partial charge is 0.303 e. The Hall–Kier alpha value is -0.660. The minimum Gasteiger partial charge on any atom is -0.303 e. The molecule has 2 rings (SSSR count). The van der Waals surface area contributed by atoms with E-state index in [9.17, 15) is 9.59 Å². The third-order valence-electron chi connectivity index (χ3n) is 3.09. The second-order valence-corrected chi connectivity index (χ2v) is 3.91. The van der Waals surface area contributed by atoms with E-state index in [0.717, 1.165) is 19.1 Å². The molecule has 2 aliphatic rings. The number of carbonyl (C=O) groups is 2. The van der Waals surface area contributed by atoms with Crippen LogP contribution in [-0.2, 0) is 9.59 Å². The Labute approximate surface area is 66.0 Å². The van der Waals surface area contributed by atoms with Crippen molar-refractivity contribution in [2.24, 2.45) is 11.3 Å². The van der Waals surface area contributed by atoms with E-state index in [2.05, 4.69) is 0 Å². The summed E-state index contributed by atoms with van der Waals surface area (Å²) in [6.45, 7) is 0. The van der Waals surface area contributed by atoms with Crippen LogP contribution in [0.4, 0.5) is 0 Å². The van der Waals surface area contributed by atoms with Gasteiger partial charge in [-0.1, -0.05) is 0 Å². The van der Waals surface area contributed by atoms with E-state index in [1.54, 1.807) is 0 Å². The Bertz CT molecular complexity index is 204. The van der Waals surface area contributed by atoms with E-state index < -0.39 is 0 Å². The highest BCUT2D eigenvalue weighted by Crippen LogP contribution is 2.56. The molecule has 2 fully saturated rings. The van der Waals surface area contributed by atoms with Gasteiger partial charge in [0.25, 0.3) is 0 Å². The molecule has 0 aliphatic heterocycles. The first-order valence-corrected chi connectivity index (χ1v) is 4.24. The molecule has 1 spiro atoms. The predicted molar refractivity (Wildman–Crippen MR) is 40.1 cm³/mol. The van der Waals surface area contributed by atoms with Gasteiger partial charge in [-0.25, -0.2) is 0 Å². The maximum Gasteiger partial charge on any atom is 0.143 e. The fourth-order valence-corrected chi connectivity index (χ4v) is 2.01. The van der Waals surface area contributed by atoms with Crippen LogP contribution in [0.1, 0.15) is 32.1 Å². The molecule has 11 heavy (non-hydrogen) atoms. The summed E-state index contributed by atoms with van der Waals surface area (Å²) in [7, 11) is 0. The minimum atomic E-state index is -0.258. The van der Waals surface area contributed by atoms with Crippen LogP contribution in [-0.4, -0.2) is 12.1 Å². The van der Waals surface area contributed by atoms with E-state index in [-0.39, 0.29) is 11.7 Å². The van der Waals surface area contributed by atoms with Gasteiger partial charge in [0, 0.05) is 6.42 Å². The van der Waals surface area contributed by atoms with Gasteiger partial charge in [-0.3, -0.25) is 4.79 Å². The molecule has 0 bridgehead atoms. The summed E-state index contributed by atoms with van der Waals surface area (Å²) in [4.78, 5) is 21.6. The zero-order valence-corrected chi connectivity index (χ0v) is 6.51. The number of ketones is 1. The van der Waals surface area contributed by atoms with E-state index in [1.807, 2.05) is 0 Å². The zero-order chi connectivity index (χ0) is 7.90. The maximum absolute atomic E-state index is 11.1. The fourth-order valence-electron chi connectivity index (χ4n) is 2.01. The van der Waals surface area contributed by atoms with Crippen LogP contribution < -0.4 is 0 Å². The molecule has 1 atom stereocenters. The summed E-state index contributed by atoms with van der Waals surface area (Å²) in [5, 5.41) is 0. The first-order valence-electron chi connectivity index (χ1n) is 4.24. The lowest BCUT2D eigenvalue weighted by Gasteiger charge is -2.23. The lowest BCUT2D eigenvalue weighted by molar-refractivity contribution is -0.130. The Balaban J connectivity index is 2.07. The molecule has 0 heterocycles. The Morgan fingerprint density at radius 3 is 2.64 bits per heavy atom. The molecule has 2 saturated carbocycles. The van der Waals surface area contributed by atoms with E-state index >= 15 is 0 Å². The molecule has 2 aliphatic carbocycles. The molecule has 0 amide bonds. The Morgan fingerprint density at radius 1 is 1.36 bits per heavy atom. The summed E-state index contributed by atoms with van der Waals surface area (Å²) in [6, 6.07) is 0. The molecule has 1 unspecified atom stereocenters. The van der Waals surface area contributed by atoms with Gasteiger partial charge in [0.1, 0.15) is 12.1 Å². The fraction of sp³-hybridized carbons (Fsp3) is 0.778. The van der Waals surface area contributed by atoms with Crippen molar-refractivity contribution in [1.82, 2.24) is 0 Å². The smallest absolute Gasteiger partial charge is 0.143 e. The summed E-state index contributed by atoms with van der Waals surface area (Å²) in [5.41, 5.74) is 0.430. The molecular formula is C9H12O2. The van der Waals surface area contributed by atoms with Crippen LogP contribution in [0.15, 0.2) is 0 Å². The summed E-state index contributed by atoms with van der Waals surface area (Å²) in [6.07, 6.45) is 5.84. The monoisotopic (exact) mass is 152 g/mol. The highest BCUT2D eigenvalue weighted by molar-refractivity contribution is 5.94. The van der Waals surface area contributed by atoms with Crippen LogP contribution in [0.25, 0.3) is 0 Å². The minimum absolute atomic E-state index is 0.164. The number of Topliss-reactive ketones (excluding diaryl/α,β-unsaturated/α-hetero) is 1. The van der Waals surface area contributed by atoms with Crippen molar-refractivity contribution in [2.75, 3.05) is 0 Å². The molecule has 0 aromatic rings. The zero-order valence-electron chi connectivity index (χ0n) is 6.51. The second kappa shape index (κ2) is 2.16. The van der Waals surface area contributed by atoms with Gasteiger partial charge >= 0.3 is 0 Å². The molecular weight excluding hydrogens is 140 g/mol. The van der Waals surface area contributed by atoms with Crippen LogP contribution >= 0.6 is 0 Å². The molecule has 0 saturated heterocycles. The maximum atomic E-state index is 11.1. The summed E-state index contributed by atoms with van der Waals surface area (Å²) >= 11 is 0. The highest BCUT2D eigenvalue weighted by Gasteiger charge is 2.48. The first kappa shape index (κ1) is 7.01. The van der Waals surface area contributed by atoms with Gasteiger partial charge in [0.2, 0.25) is 0 Å². The topological polar surface area (TPSA) is 34.1 Å². The normalized spacial score (nSPS) is 33.8. The van der Waals surface area contributed by atoms with Crippen LogP contribution in [0.5, 0.6) is 0 Å². The second-order valence-electron chi connectivity index (χ2n) is 3.91. The van der Waals surface area contributed by atoms with Gasteiger partial charge < -0.3 is 4.79 Å². The van der Waals surface area contributed by atoms with Gasteiger partial charge in [-0.2, -0.15) is 0 Å². The van der Waals surface area contributed by atoms with E-state index in [4.69, 9.17) is 0 Å². The number of hydrogen-bond donors (Lipinski definition) is 0. The van der Waals surface area contributed by atoms with E-state index in [1.165, 1.54) is 12.8 Å². The molecule has 0 aromatic carbocycles. The molecule has 2 nitrogen and oxygen atoms in total. The van der Waals surface area contributed by atoms with Crippen LogP contribution in [0, 0.1) is 11.3 Å². The van der Waals surface area contributed by atoms with Crippen molar-refractivity contribution < 1.29 is 9.59 Å². The van der Waals surface area contributed by atoms with Crippen LogP contribution in [0.2, 0.25) is 0 Å². The van der Waals surface area contributed by atoms with Gasteiger partial charge in [0.15, 0.2) is 0 Å². The number of carbonyl (C=O) groups excluding carboxylic acids is 2. The standard InChI is InChI=1S/C9H12O2/c10-6-7-5-9(3-4-9)2-1-8(7)11/h6-7H,1-5H2. The van der Waals surface area contributed by atoms with Gasteiger partial charge in [0.05, 0.1) is 5.92 Å². The van der Waals surface area contributed by atoms with Gasteiger partial charge in [-0.15, -0.1) is 0 Å². The molecule has 2 heteroatoms. The number of aldehydes is 1. The Kier molecular flexibility index (Phi) is 1.38. The number of hydrogen-bond acceptors (Lipinski definition) is 2. The van der Waals surface area contributed by atoms with Crippen molar-refractivity contribution in [1.29, 1.82) is 0 Å². The SMILES string of the molecule is O=CC1CC2(CCC1=O)CC2. The highest BCUT2D eigenvalue weighted by atomic mass is 16.1. The van der Waals surface area contributed by atoms with Crippen molar-refractivity contribution in [3.63, 3.8) is 0 Å².